The van der Waals surface area contributed by atoms with Gasteiger partial charge in [0, 0.05) is 16.7 Å². The molecule has 0 aromatic heterocycles. The van der Waals surface area contributed by atoms with E-state index in [9.17, 15) is 18.4 Å². The fraction of sp³-hybridized carbons (Fsp3) is 0.517. The van der Waals surface area contributed by atoms with Crippen LogP contribution in [-0.4, -0.2) is 111 Å². The highest BCUT2D eigenvalue weighted by Crippen LogP contribution is 2.16. The molecular weight excluding hydrogens is 560 g/mol. The highest BCUT2D eigenvalue weighted by Gasteiger charge is 2.11. The van der Waals surface area contributed by atoms with Gasteiger partial charge in [0.1, 0.15) is 12.4 Å². The number of rotatable bonds is 26. The van der Waals surface area contributed by atoms with E-state index in [1.165, 1.54) is 6.07 Å². The van der Waals surface area contributed by atoms with Gasteiger partial charge in [-0.2, -0.15) is 8.78 Å². The summed E-state index contributed by atoms with van der Waals surface area (Å²) in [5, 5.41) is 0. The van der Waals surface area contributed by atoms with E-state index in [1.54, 1.807) is 42.5 Å². The number of ketones is 1. The van der Waals surface area contributed by atoms with Crippen molar-refractivity contribution in [3.8, 4) is 5.75 Å². The number of ether oxygens (including phenoxy) is 8. The van der Waals surface area contributed by atoms with Crippen molar-refractivity contribution in [2.45, 2.75) is 6.61 Å². The van der Waals surface area contributed by atoms with Gasteiger partial charge in [0.15, 0.2) is 5.78 Å². The summed E-state index contributed by atoms with van der Waals surface area (Å²) >= 11 is 0. The third-order valence-corrected chi connectivity index (χ3v) is 5.35. The quantitative estimate of drug-likeness (QED) is 0.127. The molecule has 0 atom stereocenters. The zero-order valence-corrected chi connectivity index (χ0v) is 23.5. The first-order valence-corrected chi connectivity index (χ1v) is 13.5. The van der Waals surface area contributed by atoms with Crippen LogP contribution in [0.4, 0.5) is 8.78 Å². The minimum atomic E-state index is -2.78. The van der Waals surface area contributed by atoms with Gasteiger partial charge in [0.05, 0.1) is 85.9 Å². The summed E-state index contributed by atoms with van der Waals surface area (Å²) < 4.78 is 65.2. The summed E-state index contributed by atoms with van der Waals surface area (Å²) in [5.41, 5.74) is 6.42. The van der Waals surface area contributed by atoms with Gasteiger partial charge in [-0.3, -0.25) is 9.59 Å². The van der Waals surface area contributed by atoms with Crippen LogP contribution in [0.2, 0.25) is 0 Å². The number of hydrogen-bond acceptors (Lipinski definition) is 10. The second-order valence-electron chi connectivity index (χ2n) is 8.45. The lowest BCUT2D eigenvalue weighted by atomic mass is 10.0. The van der Waals surface area contributed by atoms with Gasteiger partial charge in [-0.15, -0.1) is 0 Å². The van der Waals surface area contributed by atoms with Gasteiger partial charge >= 0.3 is 6.61 Å². The van der Waals surface area contributed by atoms with Crippen molar-refractivity contribution in [3.63, 3.8) is 0 Å². The van der Waals surface area contributed by atoms with Crippen molar-refractivity contribution in [3.05, 3.63) is 65.2 Å². The minimum Gasteiger partial charge on any atom is -0.491 e. The highest BCUT2D eigenvalue weighted by molar-refractivity contribution is 6.10. The third kappa shape index (κ3) is 16.4. The molecule has 0 heterocycles. The lowest BCUT2D eigenvalue weighted by Gasteiger charge is -2.09. The second kappa shape index (κ2) is 22.5. The molecule has 0 fully saturated rings. The molecule has 13 heteroatoms. The van der Waals surface area contributed by atoms with Crippen LogP contribution in [0.15, 0.2) is 48.5 Å². The molecule has 2 N–H and O–H groups in total. The maximum Gasteiger partial charge on any atom is 0.345 e. The first-order chi connectivity index (χ1) is 20.5. The Bertz CT molecular complexity index is 1010. The number of carbonyl (C=O) groups is 2. The van der Waals surface area contributed by atoms with Gasteiger partial charge < -0.3 is 43.6 Å². The largest absolute Gasteiger partial charge is 0.491 e. The Morgan fingerprint density at radius 3 is 1.45 bits per heavy atom. The van der Waals surface area contributed by atoms with E-state index >= 15 is 0 Å². The zero-order chi connectivity index (χ0) is 30.3. The summed E-state index contributed by atoms with van der Waals surface area (Å²) in [7, 11) is 0. The predicted octanol–water partition coefficient (Wildman–Crippen LogP) is 2.73. The number of halogens is 2. The number of hydrogen-bond donors (Lipinski definition) is 1. The molecule has 2 rings (SSSR count). The zero-order valence-electron chi connectivity index (χ0n) is 23.5. The lowest BCUT2D eigenvalue weighted by Crippen LogP contribution is -2.15. The van der Waals surface area contributed by atoms with Crippen LogP contribution in [0.3, 0.4) is 0 Å². The van der Waals surface area contributed by atoms with Crippen molar-refractivity contribution >= 4 is 11.7 Å². The molecule has 0 bridgehead atoms. The van der Waals surface area contributed by atoms with Crippen LogP contribution in [-0.2, 0) is 33.2 Å². The highest BCUT2D eigenvalue weighted by atomic mass is 19.3. The number of carbonyl (C=O) groups excluding carboxylic acids is 2. The molecule has 42 heavy (non-hydrogen) atoms. The number of amides is 1. The molecule has 1 amide bonds. The van der Waals surface area contributed by atoms with E-state index < -0.39 is 12.5 Å². The smallest absolute Gasteiger partial charge is 0.345 e. The monoisotopic (exact) mass is 599 g/mol. The molecule has 2 aromatic rings. The SMILES string of the molecule is NC(=O)c1cccc(C(=O)c2ccc(OCCOCCOCCOCCOCCOCCOCCOC(F)F)cc2)c1. The van der Waals surface area contributed by atoms with Gasteiger partial charge in [0.25, 0.3) is 0 Å². The van der Waals surface area contributed by atoms with Gasteiger partial charge in [-0.05, 0) is 36.4 Å². The minimum absolute atomic E-state index is 0.0931. The maximum atomic E-state index is 12.6. The van der Waals surface area contributed by atoms with Crippen LogP contribution in [0, 0.1) is 0 Å². The molecule has 0 unspecified atom stereocenters. The fourth-order valence-corrected chi connectivity index (χ4v) is 3.30. The van der Waals surface area contributed by atoms with Crippen molar-refractivity contribution in [2.24, 2.45) is 5.73 Å². The molecule has 11 nitrogen and oxygen atoms in total. The number of nitrogens with two attached hydrogens (primary N) is 1. The summed E-state index contributed by atoms with van der Waals surface area (Å²) in [6, 6.07) is 13.0. The lowest BCUT2D eigenvalue weighted by molar-refractivity contribution is -0.140. The first-order valence-electron chi connectivity index (χ1n) is 13.5. The summed E-state index contributed by atoms with van der Waals surface area (Å²) in [6.07, 6.45) is 0. The fourth-order valence-electron chi connectivity index (χ4n) is 3.30. The van der Waals surface area contributed by atoms with Crippen LogP contribution in [0.5, 0.6) is 5.75 Å². The van der Waals surface area contributed by atoms with E-state index in [1.807, 2.05) is 0 Å². The predicted molar refractivity (Wildman–Crippen MR) is 147 cm³/mol. The summed E-state index contributed by atoms with van der Waals surface area (Å²) in [4.78, 5) is 24.0. The van der Waals surface area contributed by atoms with E-state index in [0.29, 0.717) is 96.2 Å². The molecule has 0 aliphatic rings. The van der Waals surface area contributed by atoms with E-state index in [0.717, 1.165) is 0 Å². The standard InChI is InChI=1S/C29H39F2NO10/c30-29(31)42-21-19-40-17-15-38-13-11-36-9-8-35-10-12-37-14-16-39-18-20-41-26-6-4-23(5-7-26)27(33)24-2-1-3-25(22-24)28(32)34/h1-7,22,29H,8-21H2,(H2,32,34). The maximum absolute atomic E-state index is 12.6. The van der Waals surface area contributed by atoms with Gasteiger partial charge in [0.2, 0.25) is 5.91 Å². The molecule has 0 spiro atoms. The molecule has 0 aliphatic heterocycles. The van der Waals surface area contributed by atoms with Crippen molar-refractivity contribution < 1.29 is 56.3 Å². The molecule has 0 radical (unpaired) electrons. The van der Waals surface area contributed by atoms with Crippen LogP contribution >= 0.6 is 0 Å². The van der Waals surface area contributed by atoms with Crippen molar-refractivity contribution in [1.29, 1.82) is 0 Å². The number of benzene rings is 2. The average Bonchev–Trinajstić information content (AvgIpc) is 2.99. The van der Waals surface area contributed by atoms with Crippen molar-refractivity contribution in [2.75, 3.05) is 92.5 Å². The van der Waals surface area contributed by atoms with Gasteiger partial charge in [-0.25, -0.2) is 0 Å². The Kier molecular flexibility index (Phi) is 18.9. The molecule has 0 saturated heterocycles. The van der Waals surface area contributed by atoms with Gasteiger partial charge in [-0.1, -0.05) is 12.1 Å². The van der Waals surface area contributed by atoms with Crippen LogP contribution in [0.25, 0.3) is 0 Å². The normalized spacial score (nSPS) is 11.2. The molecule has 0 saturated carbocycles. The number of alkyl halides is 2. The van der Waals surface area contributed by atoms with Crippen molar-refractivity contribution in [1.82, 2.24) is 0 Å². The van der Waals surface area contributed by atoms with E-state index in [-0.39, 0.29) is 24.6 Å². The Morgan fingerprint density at radius 2 is 1.00 bits per heavy atom. The van der Waals surface area contributed by atoms with E-state index in [2.05, 4.69) is 4.74 Å². The third-order valence-electron chi connectivity index (χ3n) is 5.35. The van der Waals surface area contributed by atoms with Crippen LogP contribution < -0.4 is 10.5 Å². The topological polar surface area (TPSA) is 134 Å². The van der Waals surface area contributed by atoms with E-state index in [4.69, 9.17) is 38.9 Å². The molecular formula is C29H39F2NO10. The molecule has 234 valence electrons. The Balaban J connectivity index is 1.35. The Labute approximate surface area is 244 Å². The number of primary amides is 1. The second-order valence-corrected chi connectivity index (χ2v) is 8.45. The summed E-state index contributed by atoms with van der Waals surface area (Å²) in [5.74, 6) is -0.195. The Morgan fingerprint density at radius 1 is 0.571 bits per heavy atom. The summed E-state index contributed by atoms with van der Waals surface area (Å²) in [6.45, 7) is 1.91. The van der Waals surface area contributed by atoms with Crippen LogP contribution in [0.1, 0.15) is 26.3 Å². The molecule has 0 aliphatic carbocycles. The Hall–Kier alpha value is -3.04. The first kappa shape index (κ1) is 35.2. The average molecular weight is 600 g/mol. The molecule has 2 aromatic carbocycles.